The maximum atomic E-state index is 12.5. The maximum Gasteiger partial charge on any atom is 0.251 e. The van der Waals surface area contributed by atoms with Gasteiger partial charge in [0.2, 0.25) is 0 Å². The monoisotopic (exact) mass is 389 g/mol. The SMILES string of the molecule is CCCc1c(-c2ccc(C(C)(C)C)cc2)c(C(N)=O)c(C)n1Cc1ccccn1. The Morgan fingerprint density at radius 1 is 1.10 bits per heavy atom. The molecule has 1 aromatic carbocycles. The van der Waals surface area contributed by atoms with Crippen LogP contribution in [0.25, 0.3) is 11.1 Å². The molecule has 0 aliphatic carbocycles. The summed E-state index contributed by atoms with van der Waals surface area (Å²) in [4.78, 5) is 16.9. The van der Waals surface area contributed by atoms with E-state index in [1.807, 2.05) is 25.1 Å². The second-order valence-electron chi connectivity index (χ2n) is 8.63. The molecule has 4 heteroatoms. The maximum absolute atomic E-state index is 12.5. The molecule has 0 unspecified atom stereocenters. The molecule has 0 aliphatic rings. The Morgan fingerprint density at radius 2 is 1.79 bits per heavy atom. The van der Waals surface area contributed by atoms with Gasteiger partial charge in [-0.1, -0.05) is 64.4 Å². The second kappa shape index (κ2) is 8.24. The lowest BCUT2D eigenvalue weighted by atomic mass is 9.86. The smallest absolute Gasteiger partial charge is 0.251 e. The van der Waals surface area contributed by atoms with E-state index in [9.17, 15) is 4.79 Å². The fraction of sp³-hybridized carbons (Fsp3) is 0.360. The Kier molecular flexibility index (Phi) is 5.92. The molecule has 3 aromatic rings. The van der Waals surface area contributed by atoms with Crippen molar-refractivity contribution in [2.75, 3.05) is 0 Å². The van der Waals surface area contributed by atoms with E-state index in [4.69, 9.17) is 5.73 Å². The number of rotatable bonds is 6. The number of aromatic nitrogens is 2. The zero-order valence-electron chi connectivity index (χ0n) is 18.1. The first kappa shape index (κ1) is 20.8. The van der Waals surface area contributed by atoms with Crippen LogP contribution in [0.15, 0.2) is 48.7 Å². The third-order valence-corrected chi connectivity index (χ3v) is 5.45. The third kappa shape index (κ3) is 4.26. The molecule has 3 rings (SSSR count). The van der Waals surface area contributed by atoms with E-state index in [1.165, 1.54) is 5.56 Å². The lowest BCUT2D eigenvalue weighted by Gasteiger charge is -2.19. The van der Waals surface area contributed by atoms with E-state index < -0.39 is 0 Å². The quantitative estimate of drug-likeness (QED) is 0.625. The van der Waals surface area contributed by atoms with Crippen LogP contribution in [0.1, 0.15) is 67.1 Å². The average molecular weight is 390 g/mol. The van der Waals surface area contributed by atoms with Gasteiger partial charge in [0.15, 0.2) is 0 Å². The van der Waals surface area contributed by atoms with Gasteiger partial charge in [0.05, 0.1) is 17.8 Å². The molecule has 2 N–H and O–H groups in total. The number of hydrogen-bond acceptors (Lipinski definition) is 2. The van der Waals surface area contributed by atoms with Crippen molar-refractivity contribution in [2.45, 2.75) is 59.4 Å². The summed E-state index contributed by atoms with van der Waals surface area (Å²) in [5.74, 6) is -0.380. The Morgan fingerprint density at radius 3 is 2.31 bits per heavy atom. The minimum absolute atomic E-state index is 0.0815. The molecule has 0 spiro atoms. The van der Waals surface area contributed by atoms with Crippen LogP contribution in [0.2, 0.25) is 0 Å². The van der Waals surface area contributed by atoms with Crippen molar-refractivity contribution in [1.82, 2.24) is 9.55 Å². The molecule has 2 aromatic heterocycles. The zero-order chi connectivity index (χ0) is 21.2. The summed E-state index contributed by atoms with van der Waals surface area (Å²) in [6, 6.07) is 14.5. The predicted molar refractivity (Wildman–Crippen MR) is 119 cm³/mol. The molecule has 0 aliphatic heterocycles. The van der Waals surface area contributed by atoms with E-state index >= 15 is 0 Å². The van der Waals surface area contributed by atoms with Crippen molar-refractivity contribution in [2.24, 2.45) is 5.73 Å². The van der Waals surface area contributed by atoms with Gasteiger partial charge in [-0.3, -0.25) is 9.78 Å². The number of nitrogens with zero attached hydrogens (tertiary/aromatic N) is 2. The lowest BCUT2D eigenvalue weighted by Crippen LogP contribution is -2.14. The molecule has 0 bridgehead atoms. The highest BCUT2D eigenvalue weighted by molar-refractivity contribution is 6.02. The van der Waals surface area contributed by atoms with Crippen molar-refractivity contribution in [3.8, 4) is 11.1 Å². The van der Waals surface area contributed by atoms with Crippen LogP contribution in [-0.4, -0.2) is 15.5 Å². The second-order valence-corrected chi connectivity index (χ2v) is 8.63. The van der Waals surface area contributed by atoms with Gasteiger partial charge in [-0.2, -0.15) is 0 Å². The Hall–Kier alpha value is -2.88. The molecule has 0 atom stereocenters. The molecule has 152 valence electrons. The number of hydrogen-bond donors (Lipinski definition) is 1. The number of carbonyl (C=O) groups is 1. The predicted octanol–water partition coefficient (Wildman–Crippen LogP) is 5.26. The highest BCUT2D eigenvalue weighted by atomic mass is 16.1. The molecule has 0 fully saturated rings. The van der Waals surface area contributed by atoms with Crippen molar-refractivity contribution in [1.29, 1.82) is 0 Å². The number of benzene rings is 1. The number of amides is 1. The van der Waals surface area contributed by atoms with Crippen molar-refractivity contribution >= 4 is 5.91 Å². The largest absolute Gasteiger partial charge is 0.366 e. The van der Waals surface area contributed by atoms with E-state index in [-0.39, 0.29) is 11.3 Å². The molecule has 0 saturated heterocycles. The molecule has 0 saturated carbocycles. The van der Waals surface area contributed by atoms with Crippen LogP contribution >= 0.6 is 0 Å². The minimum atomic E-state index is -0.380. The van der Waals surface area contributed by atoms with E-state index in [0.717, 1.165) is 41.1 Å². The van der Waals surface area contributed by atoms with Crippen molar-refractivity contribution in [3.63, 3.8) is 0 Å². The Bertz CT molecular complexity index is 993. The first-order valence-electron chi connectivity index (χ1n) is 10.3. The van der Waals surface area contributed by atoms with Gasteiger partial charge >= 0.3 is 0 Å². The molecule has 29 heavy (non-hydrogen) atoms. The lowest BCUT2D eigenvalue weighted by molar-refractivity contribution is 0.1000. The van der Waals surface area contributed by atoms with Crippen molar-refractivity contribution < 1.29 is 4.79 Å². The van der Waals surface area contributed by atoms with E-state index in [1.54, 1.807) is 6.20 Å². The molecule has 0 radical (unpaired) electrons. The summed E-state index contributed by atoms with van der Waals surface area (Å²) in [6.07, 6.45) is 3.66. The summed E-state index contributed by atoms with van der Waals surface area (Å²) >= 11 is 0. The van der Waals surface area contributed by atoms with E-state index in [0.29, 0.717) is 12.1 Å². The van der Waals surface area contributed by atoms with Crippen molar-refractivity contribution in [3.05, 3.63) is 76.9 Å². The number of carbonyl (C=O) groups excluding carboxylic acids is 1. The number of primary amides is 1. The highest BCUT2D eigenvalue weighted by Gasteiger charge is 2.25. The Labute approximate surface area is 173 Å². The van der Waals surface area contributed by atoms with Gasteiger partial charge in [-0.05, 0) is 42.0 Å². The topological polar surface area (TPSA) is 60.9 Å². The summed E-state index contributed by atoms with van der Waals surface area (Å²) in [6.45, 7) is 11.4. The Balaban J connectivity index is 2.19. The van der Waals surface area contributed by atoms with Gasteiger partial charge in [-0.15, -0.1) is 0 Å². The fourth-order valence-corrected chi connectivity index (χ4v) is 3.91. The normalized spacial score (nSPS) is 11.6. The van der Waals surface area contributed by atoms with Crippen LogP contribution in [0.3, 0.4) is 0 Å². The summed E-state index contributed by atoms with van der Waals surface area (Å²) in [7, 11) is 0. The van der Waals surface area contributed by atoms with Crippen LogP contribution in [0, 0.1) is 6.92 Å². The highest BCUT2D eigenvalue weighted by Crippen LogP contribution is 2.35. The number of nitrogens with two attached hydrogens (primary N) is 1. The van der Waals surface area contributed by atoms with Crippen LogP contribution in [-0.2, 0) is 18.4 Å². The zero-order valence-corrected chi connectivity index (χ0v) is 18.1. The van der Waals surface area contributed by atoms with Gasteiger partial charge in [0.1, 0.15) is 0 Å². The average Bonchev–Trinajstić information content (AvgIpc) is 2.94. The summed E-state index contributed by atoms with van der Waals surface area (Å²) < 4.78 is 2.21. The number of pyridine rings is 1. The van der Waals surface area contributed by atoms with Gasteiger partial charge in [0, 0.05) is 23.1 Å². The standard InChI is InChI=1S/C25H31N3O/c1-6-9-21-23(18-11-13-19(14-12-18)25(3,4)5)22(24(26)29)17(2)28(21)16-20-10-7-8-15-27-20/h7-8,10-15H,6,9,16H2,1-5H3,(H2,26,29). The van der Waals surface area contributed by atoms with Gasteiger partial charge in [0.25, 0.3) is 5.91 Å². The van der Waals surface area contributed by atoms with Crippen LogP contribution < -0.4 is 5.73 Å². The third-order valence-electron chi connectivity index (χ3n) is 5.45. The first-order valence-corrected chi connectivity index (χ1v) is 10.3. The summed E-state index contributed by atoms with van der Waals surface area (Å²) in [5.41, 5.74) is 12.8. The molecular weight excluding hydrogens is 358 g/mol. The molecule has 4 nitrogen and oxygen atoms in total. The molecule has 1 amide bonds. The van der Waals surface area contributed by atoms with Crippen LogP contribution in [0.5, 0.6) is 0 Å². The van der Waals surface area contributed by atoms with Crippen LogP contribution in [0.4, 0.5) is 0 Å². The van der Waals surface area contributed by atoms with Gasteiger partial charge < -0.3 is 10.3 Å². The summed E-state index contributed by atoms with van der Waals surface area (Å²) in [5, 5.41) is 0. The molecular formula is C25H31N3O. The molecule has 2 heterocycles. The van der Waals surface area contributed by atoms with Gasteiger partial charge in [-0.25, -0.2) is 0 Å². The fourth-order valence-electron chi connectivity index (χ4n) is 3.91. The van der Waals surface area contributed by atoms with E-state index in [2.05, 4.69) is 61.5 Å². The minimum Gasteiger partial charge on any atom is -0.366 e. The first-order chi connectivity index (χ1) is 13.7.